The van der Waals surface area contributed by atoms with Gasteiger partial charge >= 0.3 is 6.36 Å². The van der Waals surface area contributed by atoms with E-state index in [1.54, 1.807) is 4.90 Å². The molecule has 2 aliphatic rings. The summed E-state index contributed by atoms with van der Waals surface area (Å²) >= 11 is 0. The highest BCUT2D eigenvalue weighted by molar-refractivity contribution is 6.05. The van der Waals surface area contributed by atoms with Gasteiger partial charge in [0.15, 0.2) is 0 Å². The van der Waals surface area contributed by atoms with Crippen LogP contribution in [0.2, 0.25) is 0 Å². The Balaban J connectivity index is 1.63. The molecule has 0 radical (unpaired) electrons. The second-order valence-electron chi connectivity index (χ2n) is 7.53. The summed E-state index contributed by atoms with van der Waals surface area (Å²) in [5.41, 5.74) is 6.27. The molecule has 1 aliphatic heterocycles. The highest BCUT2D eigenvalue weighted by Crippen LogP contribution is 2.47. The third kappa shape index (κ3) is 3.93. The summed E-state index contributed by atoms with van der Waals surface area (Å²) in [5.74, 6) is -0.653. The number of piperidine rings is 1. The molecule has 30 heavy (non-hydrogen) atoms. The molecular formula is C20H17F3N4O3. The molecule has 156 valence electrons. The lowest BCUT2D eigenvalue weighted by atomic mass is 10.0. The molecule has 1 saturated carbocycles. The van der Waals surface area contributed by atoms with Crippen LogP contribution in [0.25, 0.3) is 10.9 Å². The van der Waals surface area contributed by atoms with E-state index in [0.717, 1.165) is 6.42 Å². The zero-order chi connectivity index (χ0) is 21.6. The first kappa shape index (κ1) is 20.1. The van der Waals surface area contributed by atoms with Crippen LogP contribution in [0.1, 0.15) is 34.5 Å². The number of pyridine rings is 1. The van der Waals surface area contributed by atoms with E-state index in [1.165, 1.54) is 24.3 Å². The second-order valence-corrected chi connectivity index (χ2v) is 7.53. The monoisotopic (exact) mass is 418 g/mol. The number of primary amides is 1. The smallest absolute Gasteiger partial charge is 0.366 e. The molecule has 10 heteroatoms. The van der Waals surface area contributed by atoms with Gasteiger partial charge in [-0.2, -0.15) is 5.26 Å². The number of alkyl halides is 3. The number of hydrogen-bond donors (Lipinski definition) is 1. The van der Waals surface area contributed by atoms with E-state index in [1.807, 2.05) is 0 Å². The van der Waals surface area contributed by atoms with Crippen LogP contribution in [0.3, 0.4) is 0 Å². The molecule has 2 aromatic rings. The van der Waals surface area contributed by atoms with Crippen LogP contribution in [0.5, 0.6) is 0 Å². The molecule has 2 fully saturated rings. The van der Waals surface area contributed by atoms with Gasteiger partial charge in [0.25, 0.3) is 0 Å². The Hall–Kier alpha value is -3.19. The van der Waals surface area contributed by atoms with Gasteiger partial charge in [-0.15, -0.1) is 13.2 Å². The van der Waals surface area contributed by atoms with Crippen molar-refractivity contribution in [3.8, 4) is 6.07 Å². The number of nitriles is 1. The number of amides is 2. The first-order valence-corrected chi connectivity index (χ1v) is 9.30. The van der Waals surface area contributed by atoms with Crippen molar-refractivity contribution in [2.45, 2.75) is 44.3 Å². The number of aromatic nitrogens is 1. The van der Waals surface area contributed by atoms with Gasteiger partial charge in [0.2, 0.25) is 11.8 Å². The number of nitrogens with two attached hydrogens (primary N) is 1. The summed E-state index contributed by atoms with van der Waals surface area (Å²) in [6.45, 7) is -0.711. The average molecular weight is 418 g/mol. The Bertz CT molecular complexity index is 1080. The summed E-state index contributed by atoms with van der Waals surface area (Å²) < 4.78 is 40.8. The third-order valence-corrected chi connectivity index (χ3v) is 5.47. The van der Waals surface area contributed by atoms with Crippen LogP contribution in [-0.2, 0) is 22.6 Å². The number of likely N-dealkylation sites (tertiary alicyclic amines) is 1. The van der Waals surface area contributed by atoms with Crippen molar-refractivity contribution in [2.75, 3.05) is 0 Å². The molecule has 1 aromatic heterocycles. The van der Waals surface area contributed by atoms with Crippen molar-refractivity contribution in [2.24, 2.45) is 11.7 Å². The SMILES string of the molecule is N#C[C@@H]1C[C@@H]2C[C@@H]2N1C(=O)Cc1cc(C(N)=O)c2ccc(COC(F)(F)F)cc2n1. The summed E-state index contributed by atoms with van der Waals surface area (Å²) in [6.07, 6.45) is -3.37. The van der Waals surface area contributed by atoms with Crippen molar-refractivity contribution in [1.82, 2.24) is 9.88 Å². The molecule has 1 aliphatic carbocycles. The number of fused-ring (bicyclic) bond motifs is 2. The minimum Gasteiger partial charge on any atom is -0.366 e. The molecule has 4 rings (SSSR count). The third-order valence-electron chi connectivity index (χ3n) is 5.47. The van der Waals surface area contributed by atoms with Crippen molar-refractivity contribution in [3.05, 3.63) is 41.1 Å². The molecule has 2 N–H and O–H groups in total. The van der Waals surface area contributed by atoms with Gasteiger partial charge in [-0.25, -0.2) is 0 Å². The van der Waals surface area contributed by atoms with E-state index in [2.05, 4.69) is 15.8 Å². The lowest BCUT2D eigenvalue weighted by Crippen LogP contribution is -2.38. The van der Waals surface area contributed by atoms with Crippen molar-refractivity contribution in [1.29, 1.82) is 5.26 Å². The Labute approximate surface area is 169 Å². The Morgan fingerprint density at radius 1 is 1.30 bits per heavy atom. The van der Waals surface area contributed by atoms with Gasteiger partial charge in [-0.3, -0.25) is 19.3 Å². The molecule has 7 nitrogen and oxygen atoms in total. The summed E-state index contributed by atoms with van der Waals surface area (Å²) in [4.78, 5) is 30.6. The number of benzene rings is 1. The van der Waals surface area contributed by atoms with Gasteiger partial charge in [0.1, 0.15) is 6.04 Å². The minimum absolute atomic E-state index is 0.0735. The highest BCUT2D eigenvalue weighted by Gasteiger charge is 2.53. The summed E-state index contributed by atoms with van der Waals surface area (Å²) in [6, 6.07) is 7.36. The van der Waals surface area contributed by atoms with E-state index < -0.39 is 24.9 Å². The summed E-state index contributed by atoms with van der Waals surface area (Å²) in [7, 11) is 0. The number of halogens is 3. The zero-order valence-electron chi connectivity index (χ0n) is 15.6. The second kappa shape index (κ2) is 7.25. The average Bonchev–Trinajstić information content (AvgIpc) is 3.34. The van der Waals surface area contributed by atoms with E-state index in [4.69, 9.17) is 5.73 Å². The lowest BCUT2D eigenvalue weighted by molar-refractivity contribution is -0.330. The molecule has 0 spiro atoms. The van der Waals surface area contributed by atoms with Crippen molar-refractivity contribution < 1.29 is 27.5 Å². The number of hydrogen-bond acceptors (Lipinski definition) is 5. The molecule has 1 saturated heterocycles. The maximum atomic E-state index is 12.8. The quantitative estimate of drug-likeness (QED) is 0.802. The predicted octanol–water partition coefficient (Wildman–Crippen LogP) is 2.43. The van der Waals surface area contributed by atoms with Gasteiger partial charge in [-0.05, 0) is 36.5 Å². The zero-order valence-corrected chi connectivity index (χ0v) is 15.6. The first-order chi connectivity index (χ1) is 14.2. The minimum atomic E-state index is -4.78. The maximum Gasteiger partial charge on any atom is 0.522 e. The van der Waals surface area contributed by atoms with Crippen LogP contribution in [0.4, 0.5) is 13.2 Å². The van der Waals surface area contributed by atoms with Gasteiger partial charge in [0.05, 0.1) is 35.9 Å². The van der Waals surface area contributed by atoms with Gasteiger partial charge in [-0.1, -0.05) is 12.1 Å². The van der Waals surface area contributed by atoms with E-state index >= 15 is 0 Å². The van der Waals surface area contributed by atoms with Crippen LogP contribution in [0.15, 0.2) is 24.3 Å². The maximum absolute atomic E-state index is 12.8. The number of nitrogens with zero attached hydrogens (tertiary/aromatic N) is 3. The van der Waals surface area contributed by atoms with E-state index in [9.17, 15) is 28.0 Å². The molecule has 3 atom stereocenters. The molecule has 0 bridgehead atoms. The highest BCUT2D eigenvalue weighted by atomic mass is 19.4. The Morgan fingerprint density at radius 2 is 2.07 bits per heavy atom. The fourth-order valence-corrected chi connectivity index (χ4v) is 4.06. The molecule has 0 unspecified atom stereocenters. The van der Waals surface area contributed by atoms with Crippen LogP contribution < -0.4 is 5.73 Å². The largest absolute Gasteiger partial charge is 0.522 e. The predicted molar refractivity (Wildman–Crippen MR) is 97.6 cm³/mol. The number of rotatable bonds is 5. The standard InChI is InChI=1S/C20H17F3N4O3/c21-20(22,23)30-9-10-1-2-14-15(19(25)29)6-12(26-16(14)3-10)7-18(28)27-13(8-24)4-11-5-17(11)27/h1-3,6,11,13,17H,4-5,7,9H2,(H2,25,29)/t11-,13+,17+/m1/s1. The van der Waals surface area contributed by atoms with Crippen LogP contribution in [0, 0.1) is 17.2 Å². The van der Waals surface area contributed by atoms with Crippen molar-refractivity contribution in [3.63, 3.8) is 0 Å². The molecular weight excluding hydrogens is 401 g/mol. The number of carbonyl (C=O) groups is 2. The van der Waals surface area contributed by atoms with Gasteiger partial charge < -0.3 is 10.6 Å². The Morgan fingerprint density at radius 3 is 2.73 bits per heavy atom. The topological polar surface area (TPSA) is 109 Å². The fraction of sp³-hybridized carbons (Fsp3) is 0.400. The normalized spacial score (nSPS) is 22.6. The van der Waals surface area contributed by atoms with E-state index in [0.29, 0.717) is 17.7 Å². The molecule has 2 amide bonds. The molecule has 1 aromatic carbocycles. The number of ether oxygens (including phenoxy) is 1. The van der Waals surface area contributed by atoms with E-state index in [-0.39, 0.29) is 40.7 Å². The summed E-state index contributed by atoms with van der Waals surface area (Å²) in [5, 5.41) is 9.64. The fourth-order valence-electron chi connectivity index (χ4n) is 4.06. The van der Waals surface area contributed by atoms with Crippen LogP contribution >= 0.6 is 0 Å². The van der Waals surface area contributed by atoms with Crippen molar-refractivity contribution >= 4 is 22.7 Å². The van der Waals surface area contributed by atoms with Crippen LogP contribution in [-0.4, -0.2) is 40.1 Å². The molecule has 2 heterocycles. The first-order valence-electron chi connectivity index (χ1n) is 9.30. The Kier molecular flexibility index (Phi) is 4.86. The number of carbonyl (C=O) groups excluding carboxylic acids is 2. The lowest BCUT2D eigenvalue weighted by Gasteiger charge is -2.22. The van der Waals surface area contributed by atoms with Gasteiger partial charge in [0, 0.05) is 11.4 Å².